The van der Waals surface area contributed by atoms with Gasteiger partial charge in [0.15, 0.2) is 4.80 Å². The Hall–Kier alpha value is -2.75. The number of halogens is 1. The molecule has 152 valence electrons. The summed E-state index contributed by atoms with van der Waals surface area (Å²) in [5.74, 6) is -0.450. The van der Waals surface area contributed by atoms with Crippen molar-refractivity contribution in [1.82, 2.24) is 4.57 Å². The first-order valence-electron chi connectivity index (χ1n) is 8.86. The van der Waals surface area contributed by atoms with Crippen molar-refractivity contribution in [2.75, 3.05) is 4.72 Å². The Labute approximate surface area is 185 Å². The highest BCUT2D eigenvalue weighted by Crippen LogP contribution is 2.25. The second-order valence-corrected chi connectivity index (χ2v) is 9.99. The van der Waals surface area contributed by atoms with Gasteiger partial charge < -0.3 is 4.57 Å². The zero-order valence-corrected chi connectivity index (χ0v) is 19.0. The second-order valence-electron chi connectivity index (χ2n) is 6.45. The van der Waals surface area contributed by atoms with Gasteiger partial charge in [0.05, 0.1) is 15.1 Å². The SMILES string of the molecule is Cn1c(=NC(=O)c2cccc(NS(=O)(=O)c3ccccc3)c2)sc2cccc(Br)c21. The standard InChI is InChI=1S/C21H16BrN3O3S2/c1-25-19-17(22)11-6-12-18(19)29-21(25)23-20(26)14-7-5-8-15(13-14)24-30(27,28)16-9-3-2-4-10-16/h2-13,24H,1H3. The van der Waals surface area contributed by atoms with Crippen LogP contribution >= 0.6 is 27.3 Å². The first-order chi connectivity index (χ1) is 14.3. The lowest BCUT2D eigenvalue weighted by molar-refractivity contribution is 0.0998. The monoisotopic (exact) mass is 501 g/mol. The molecule has 0 bridgehead atoms. The lowest BCUT2D eigenvalue weighted by Crippen LogP contribution is -2.14. The van der Waals surface area contributed by atoms with Crippen LogP contribution in [0, 0.1) is 0 Å². The molecular formula is C21H16BrN3O3S2. The van der Waals surface area contributed by atoms with E-state index in [1.807, 2.05) is 29.8 Å². The molecule has 0 radical (unpaired) electrons. The van der Waals surface area contributed by atoms with Crippen molar-refractivity contribution in [3.63, 3.8) is 0 Å². The third kappa shape index (κ3) is 4.09. The van der Waals surface area contributed by atoms with Gasteiger partial charge in [-0.25, -0.2) is 8.42 Å². The zero-order valence-electron chi connectivity index (χ0n) is 15.7. The summed E-state index contributed by atoms with van der Waals surface area (Å²) in [7, 11) is -1.90. The third-order valence-electron chi connectivity index (χ3n) is 4.39. The third-order valence-corrected chi connectivity index (χ3v) is 7.52. The molecule has 3 aromatic carbocycles. The van der Waals surface area contributed by atoms with Crippen molar-refractivity contribution >= 4 is 59.1 Å². The van der Waals surface area contributed by atoms with E-state index in [9.17, 15) is 13.2 Å². The highest BCUT2D eigenvalue weighted by atomic mass is 79.9. The van der Waals surface area contributed by atoms with Gasteiger partial charge in [-0.1, -0.05) is 41.7 Å². The molecule has 4 aromatic rings. The van der Waals surface area contributed by atoms with Crippen molar-refractivity contribution in [3.05, 3.63) is 87.6 Å². The van der Waals surface area contributed by atoms with Gasteiger partial charge in [0.2, 0.25) is 0 Å². The van der Waals surface area contributed by atoms with E-state index in [4.69, 9.17) is 0 Å². The summed E-state index contributed by atoms with van der Waals surface area (Å²) >= 11 is 4.93. The summed E-state index contributed by atoms with van der Waals surface area (Å²) < 4.78 is 31.3. The fourth-order valence-electron chi connectivity index (χ4n) is 2.94. The lowest BCUT2D eigenvalue weighted by atomic mass is 10.2. The van der Waals surface area contributed by atoms with Crippen LogP contribution in [0.3, 0.4) is 0 Å². The molecule has 0 aliphatic carbocycles. The molecule has 0 spiro atoms. The number of hydrogen-bond acceptors (Lipinski definition) is 4. The van der Waals surface area contributed by atoms with Gasteiger partial charge in [-0.2, -0.15) is 4.99 Å². The molecule has 0 aliphatic rings. The van der Waals surface area contributed by atoms with Crippen LogP contribution in [0.5, 0.6) is 0 Å². The van der Waals surface area contributed by atoms with E-state index in [-0.39, 0.29) is 4.90 Å². The maximum Gasteiger partial charge on any atom is 0.279 e. The minimum atomic E-state index is -3.74. The van der Waals surface area contributed by atoms with E-state index in [1.165, 1.54) is 29.5 Å². The largest absolute Gasteiger partial charge is 0.318 e. The number of anilines is 1. The van der Waals surface area contributed by atoms with Gasteiger partial charge in [-0.3, -0.25) is 9.52 Å². The summed E-state index contributed by atoms with van der Waals surface area (Å²) in [5.41, 5.74) is 1.54. The molecule has 30 heavy (non-hydrogen) atoms. The predicted molar refractivity (Wildman–Crippen MR) is 122 cm³/mol. The minimum absolute atomic E-state index is 0.147. The Morgan fingerprint density at radius 2 is 1.77 bits per heavy atom. The number of hydrogen-bond donors (Lipinski definition) is 1. The normalized spacial score (nSPS) is 12.3. The molecule has 0 unspecified atom stereocenters. The number of nitrogens with zero attached hydrogens (tertiary/aromatic N) is 2. The van der Waals surface area contributed by atoms with Crippen LogP contribution in [0.4, 0.5) is 5.69 Å². The molecule has 9 heteroatoms. The quantitative estimate of drug-likeness (QED) is 0.445. The van der Waals surface area contributed by atoms with E-state index in [1.54, 1.807) is 36.4 Å². The van der Waals surface area contributed by atoms with Gasteiger partial charge in [-0.15, -0.1) is 0 Å². The summed E-state index contributed by atoms with van der Waals surface area (Å²) in [5, 5.41) is 0. The molecule has 0 aliphatic heterocycles. The molecule has 0 saturated carbocycles. The number of carbonyl (C=O) groups is 1. The van der Waals surface area contributed by atoms with Gasteiger partial charge in [0, 0.05) is 22.8 Å². The summed E-state index contributed by atoms with van der Waals surface area (Å²) in [6.07, 6.45) is 0. The second kappa shape index (κ2) is 8.17. The van der Waals surface area contributed by atoms with Gasteiger partial charge in [-0.05, 0) is 58.4 Å². The molecule has 4 rings (SSSR count). The van der Waals surface area contributed by atoms with Crippen LogP contribution in [-0.2, 0) is 17.1 Å². The van der Waals surface area contributed by atoms with Crippen LogP contribution in [-0.4, -0.2) is 18.9 Å². The van der Waals surface area contributed by atoms with E-state index >= 15 is 0 Å². The number of amides is 1. The number of sulfonamides is 1. The van der Waals surface area contributed by atoms with Crippen LogP contribution in [0.15, 0.2) is 87.2 Å². The fourth-order valence-corrected chi connectivity index (χ4v) is 5.82. The number of fused-ring (bicyclic) bond motifs is 1. The molecule has 1 amide bonds. The Bertz CT molecular complexity index is 1420. The Morgan fingerprint density at radius 1 is 1.03 bits per heavy atom. The lowest BCUT2D eigenvalue weighted by Gasteiger charge is -2.08. The number of thiazole rings is 1. The maximum absolute atomic E-state index is 12.8. The van der Waals surface area contributed by atoms with Gasteiger partial charge in [0.25, 0.3) is 15.9 Å². The first kappa shape index (κ1) is 20.5. The first-order valence-corrected chi connectivity index (χ1v) is 12.0. The van der Waals surface area contributed by atoms with E-state index in [0.717, 1.165) is 14.7 Å². The molecule has 1 N–H and O–H groups in total. The molecule has 1 heterocycles. The molecule has 0 saturated heterocycles. The van der Waals surface area contributed by atoms with Crippen molar-refractivity contribution in [3.8, 4) is 0 Å². The topological polar surface area (TPSA) is 80.5 Å². The van der Waals surface area contributed by atoms with Gasteiger partial charge in [0.1, 0.15) is 0 Å². The number of carbonyl (C=O) groups excluding carboxylic acids is 1. The molecule has 6 nitrogen and oxygen atoms in total. The van der Waals surface area contributed by atoms with Crippen LogP contribution in [0.2, 0.25) is 0 Å². The smallest absolute Gasteiger partial charge is 0.279 e. The maximum atomic E-state index is 12.8. The zero-order chi connectivity index (χ0) is 21.3. The summed E-state index contributed by atoms with van der Waals surface area (Å²) in [4.78, 5) is 17.7. The van der Waals surface area contributed by atoms with Crippen molar-refractivity contribution in [2.24, 2.45) is 12.0 Å². The average Bonchev–Trinajstić information content (AvgIpc) is 3.05. The molecule has 0 fully saturated rings. The Morgan fingerprint density at radius 3 is 2.50 bits per heavy atom. The number of nitrogens with one attached hydrogen (secondary N) is 1. The Balaban J connectivity index is 1.66. The number of benzene rings is 3. The van der Waals surface area contributed by atoms with Crippen molar-refractivity contribution < 1.29 is 13.2 Å². The number of aryl methyl sites for hydroxylation is 1. The van der Waals surface area contributed by atoms with Crippen LogP contribution < -0.4 is 9.52 Å². The number of para-hydroxylation sites is 1. The number of aromatic nitrogens is 1. The van der Waals surface area contributed by atoms with Crippen LogP contribution in [0.25, 0.3) is 10.2 Å². The summed E-state index contributed by atoms with van der Waals surface area (Å²) in [6, 6.07) is 20.2. The minimum Gasteiger partial charge on any atom is -0.318 e. The fraction of sp³-hybridized carbons (Fsp3) is 0.0476. The van der Waals surface area contributed by atoms with E-state index in [0.29, 0.717) is 16.1 Å². The number of rotatable bonds is 4. The van der Waals surface area contributed by atoms with E-state index < -0.39 is 15.9 Å². The summed E-state index contributed by atoms with van der Waals surface area (Å²) in [6.45, 7) is 0. The highest BCUT2D eigenvalue weighted by molar-refractivity contribution is 9.10. The molecule has 1 aromatic heterocycles. The highest BCUT2D eigenvalue weighted by Gasteiger charge is 2.15. The predicted octanol–water partition coefficient (Wildman–Crippen LogP) is 4.54. The van der Waals surface area contributed by atoms with Gasteiger partial charge >= 0.3 is 0 Å². The van der Waals surface area contributed by atoms with E-state index in [2.05, 4.69) is 25.6 Å². The van der Waals surface area contributed by atoms with Crippen LogP contribution in [0.1, 0.15) is 10.4 Å². The van der Waals surface area contributed by atoms with Crippen molar-refractivity contribution in [2.45, 2.75) is 4.90 Å². The average molecular weight is 502 g/mol. The molecule has 0 atom stereocenters. The Kier molecular flexibility index (Phi) is 5.59. The van der Waals surface area contributed by atoms with Crippen molar-refractivity contribution in [1.29, 1.82) is 0 Å². The molecular weight excluding hydrogens is 486 g/mol.